The third kappa shape index (κ3) is 12.7. The normalized spacial score (nSPS) is 18.9. The van der Waals surface area contributed by atoms with E-state index in [0.29, 0.717) is 98.8 Å². The number of esters is 2. The Morgan fingerprint density at radius 1 is 0.542 bits per heavy atom. The van der Waals surface area contributed by atoms with Crippen molar-refractivity contribution in [3.05, 3.63) is 93.0 Å². The Bertz CT molecular complexity index is 2490. The van der Waals surface area contributed by atoms with Crippen molar-refractivity contribution in [2.24, 2.45) is 0 Å². The SMILES string of the molecule is COc1cc2c(cc1OC)[C@H](c1cc(OC)c(OC)c(OC)c1)[N+](C)(CCCOC(=O)/C=C(\Cl)C(=O)OCCC[N+]1(C)CCc3cc(OC)c(OC)cc3[C@H]1Cc1cc(OC)c(OC)c(OC)c1)CC2.[Cl-].[Cl-]. The summed E-state index contributed by atoms with van der Waals surface area (Å²) in [7, 11) is 20.5. The van der Waals surface area contributed by atoms with Gasteiger partial charge >= 0.3 is 11.9 Å². The second-order valence-electron chi connectivity index (χ2n) is 17.8. The van der Waals surface area contributed by atoms with Crippen LogP contribution in [0.25, 0.3) is 0 Å². The zero-order chi connectivity index (χ0) is 50.8. The van der Waals surface area contributed by atoms with Crippen LogP contribution in [-0.4, -0.2) is 145 Å². The number of likely N-dealkylation sites (N-methyl/N-ethyl adjacent to an activating group) is 2. The molecule has 0 saturated carbocycles. The number of carbonyl (C=O) groups is 2. The number of ether oxygens (including phenoxy) is 12. The van der Waals surface area contributed by atoms with Crippen molar-refractivity contribution < 1.29 is 100 Å². The molecule has 0 fully saturated rings. The molecule has 2 aliphatic rings. The second-order valence-corrected chi connectivity index (χ2v) is 18.2. The van der Waals surface area contributed by atoms with Gasteiger partial charge in [0.25, 0.3) is 0 Å². The first-order chi connectivity index (χ1) is 33.7. The summed E-state index contributed by atoms with van der Waals surface area (Å²) in [5.74, 6) is 4.29. The molecular formula is C53H69Cl3N2O14. The molecule has 0 spiro atoms. The molecule has 0 aromatic heterocycles. The number of carbonyl (C=O) groups excluding carboxylic acids is 2. The van der Waals surface area contributed by atoms with E-state index in [2.05, 4.69) is 26.2 Å². The number of methoxy groups -OCH3 is 10. The van der Waals surface area contributed by atoms with Crippen LogP contribution in [0.4, 0.5) is 0 Å². The van der Waals surface area contributed by atoms with E-state index in [-0.39, 0.29) is 55.1 Å². The Labute approximate surface area is 441 Å². The van der Waals surface area contributed by atoms with Crippen LogP contribution in [0.1, 0.15) is 58.3 Å². The minimum atomic E-state index is -0.804. The van der Waals surface area contributed by atoms with Crippen molar-refractivity contribution in [2.45, 2.75) is 44.2 Å². The number of nitrogens with zero attached hydrogens (tertiary/aromatic N) is 2. The summed E-state index contributed by atoms with van der Waals surface area (Å²) in [6.07, 6.45) is 4.24. The van der Waals surface area contributed by atoms with Crippen LogP contribution in [0.5, 0.6) is 57.5 Å². The number of benzene rings is 4. The summed E-state index contributed by atoms with van der Waals surface area (Å²) in [5, 5.41) is -0.364. The van der Waals surface area contributed by atoms with Crippen molar-refractivity contribution in [3.8, 4) is 57.5 Å². The van der Waals surface area contributed by atoms with Gasteiger partial charge in [-0.25, -0.2) is 9.59 Å². The molecule has 4 aromatic rings. The minimum absolute atomic E-state index is 0. The summed E-state index contributed by atoms with van der Waals surface area (Å²) in [6, 6.07) is 15.9. The highest BCUT2D eigenvalue weighted by Gasteiger charge is 2.43. The molecule has 0 radical (unpaired) electrons. The van der Waals surface area contributed by atoms with Gasteiger partial charge in [0.2, 0.25) is 11.5 Å². The number of rotatable bonds is 23. The lowest BCUT2D eigenvalue weighted by atomic mass is 9.85. The number of halogens is 3. The fourth-order valence-corrected chi connectivity index (χ4v) is 10.3. The van der Waals surface area contributed by atoms with Crippen LogP contribution in [-0.2, 0) is 38.3 Å². The largest absolute Gasteiger partial charge is 1.00 e. The van der Waals surface area contributed by atoms with E-state index in [1.54, 1.807) is 71.1 Å². The van der Waals surface area contributed by atoms with Gasteiger partial charge in [-0.15, -0.1) is 0 Å². The molecule has 19 heteroatoms. The molecule has 72 heavy (non-hydrogen) atoms. The van der Waals surface area contributed by atoms with Gasteiger partial charge < -0.3 is 90.6 Å². The van der Waals surface area contributed by atoms with Crippen LogP contribution < -0.4 is 72.2 Å². The predicted molar refractivity (Wildman–Crippen MR) is 264 cm³/mol. The van der Waals surface area contributed by atoms with E-state index in [4.69, 9.17) is 68.4 Å². The lowest BCUT2D eigenvalue weighted by Crippen LogP contribution is -3.00. The van der Waals surface area contributed by atoms with Crippen molar-refractivity contribution >= 4 is 23.5 Å². The Balaban J connectivity index is 0.00000562. The molecule has 0 bridgehead atoms. The zero-order valence-corrected chi connectivity index (χ0v) is 45.6. The van der Waals surface area contributed by atoms with Crippen LogP contribution in [0.2, 0.25) is 0 Å². The van der Waals surface area contributed by atoms with E-state index in [1.807, 2.05) is 36.4 Å². The maximum atomic E-state index is 13.1. The highest BCUT2D eigenvalue weighted by atomic mass is 35.5. The quantitative estimate of drug-likeness (QED) is 0.0462. The topological polar surface area (TPSA) is 145 Å². The first kappa shape index (κ1) is 58.9. The molecule has 4 atom stereocenters. The first-order valence-electron chi connectivity index (χ1n) is 23.2. The second kappa shape index (κ2) is 26.3. The molecule has 0 amide bonds. The summed E-state index contributed by atoms with van der Waals surface area (Å²) in [4.78, 5) is 26.1. The molecule has 0 aliphatic carbocycles. The molecule has 2 unspecified atom stereocenters. The number of hydrogen-bond donors (Lipinski definition) is 0. The molecule has 0 saturated heterocycles. The van der Waals surface area contributed by atoms with E-state index in [9.17, 15) is 9.59 Å². The lowest BCUT2D eigenvalue weighted by molar-refractivity contribution is -0.941. The highest BCUT2D eigenvalue weighted by molar-refractivity contribution is 6.42. The monoisotopic (exact) mass is 1060 g/mol. The number of hydrogen-bond acceptors (Lipinski definition) is 14. The highest BCUT2D eigenvalue weighted by Crippen LogP contribution is 2.49. The van der Waals surface area contributed by atoms with Crippen LogP contribution in [0.15, 0.2) is 59.6 Å². The van der Waals surface area contributed by atoms with E-state index in [0.717, 1.165) is 59.8 Å². The fraction of sp³-hybridized carbons (Fsp3) is 0.472. The fourth-order valence-electron chi connectivity index (χ4n) is 10.2. The van der Waals surface area contributed by atoms with Crippen molar-refractivity contribution in [1.29, 1.82) is 0 Å². The summed E-state index contributed by atoms with van der Waals surface area (Å²) in [6.45, 7) is 3.09. The van der Waals surface area contributed by atoms with Crippen LogP contribution >= 0.6 is 11.6 Å². The van der Waals surface area contributed by atoms with Crippen molar-refractivity contribution in [1.82, 2.24) is 0 Å². The van der Waals surface area contributed by atoms with Gasteiger partial charge in [0, 0.05) is 54.9 Å². The molecular weight excluding hydrogens is 995 g/mol. The van der Waals surface area contributed by atoms with Gasteiger partial charge in [-0.1, -0.05) is 11.6 Å². The third-order valence-electron chi connectivity index (χ3n) is 13.8. The van der Waals surface area contributed by atoms with Gasteiger partial charge in [0.1, 0.15) is 17.1 Å². The number of quaternary nitrogens is 2. The Morgan fingerprint density at radius 3 is 1.44 bits per heavy atom. The summed E-state index contributed by atoms with van der Waals surface area (Å²) >= 11 is 6.36. The molecule has 2 heterocycles. The maximum Gasteiger partial charge on any atom is 0.350 e. The van der Waals surface area contributed by atoms with E-state index >= 15 is 0 Å². The first-order valence-corrected chi connectivity index (χ1v) is 23.5. The van der Waals surface area contributed by atoms with Gasteiger partial charge in [0.15, 0.2) is 46.0 Å². The van der Waals surface area contributed by atoms with Gasteiger partial charge in [-0.3, -0.25) is 0 Å². The third-order valence-corrected chi connectivity index (χ3v) is 14.1. The predicted octanol–water partition coefficient (Wildman–Crippen LogP) is 1.85. The lowest BCUT2D eigenvalue weighted by Gasteiger charge is -2.46. The Morgan fingerprint density at radius 2 is 0.958 bits per heavy atom. The van der Waals surface area contributed by atoms with Gasteiger partial charge in [-0.05, 0) is 65.2 Å². The van der Waals surface area contributed by atoms with Crippen molar-refractivity contribution in [3.63, 3.8) is 0 Å². The Kier molecular flexibility index (Phi) is 21.6. The van der Waals surface area contributed by atoms with Crippen LogP contribution in [0, 0.1) is 0 Å². The van der Waals surface area contributed by atoms with E-state index in [1.165, 1.54) is 5.56 Å². The zero-order valence-electron chi connectivity index (χ0n) is 43.4. The Hall–Kier alpha value is -5.65. The summed E-state index contributed by atoms with van der Waals surface area (Å²) < 4.78 is 69.4. The molecule has 16 nitrogen and oxygen atoms in total. The van der Waals surface area contributed by atoms with Crippen LogP contribution in [0.3, 0.4) is 0 Å². The average molecular weight is 1060 g/mol. The minimum Gasteiger partial charge on any atom is -1.00 e. The standard InChI is InChI=1S/C53H69ClN2O14.2ClH/c1-55(19-15-34-26-41(59-3)43(61-5)30-37(34)40(55)23-33-24-45(63-7)51(67-11)46(25-33)64-8)17-13-22-70-53(58)39(54)32-49(57)69-21-14-18-56(2)20-16-35-27-42(60-4)44(62-6)31-38(35)50(56)36-28-47(65-9)52(68-12)48(29-36)66-10;;/h24-32,40,50H,13-23H2,1-12H3;2*1H/q+2;;/p-2/b39-32-;;/t40-,50+,55?,56?;;/m1../s1. The van der Waals surface area contributed by atoms with Gasteiger partial charge in [-0.2, -0.15) is 0 Å². The number of fused-ring (bicyclic) bond motifs is 2. The maximum absolute atomic E-state index is 13.1. The molecule has 0 N–H and O–H groups in total. The molecule has 2 aliphatic heterocycles. The average Bonchev–Trinajstić information content (AvgIpc) is 3.37. The summed E-state index contributed by atoms with van der Waals surface area (Å²) in [5.41, 5.74) is 6.47. The molecule has 396 valence electrons. The molecule has 6 rings (SSSR count). The van der Waals surface area contributed by atoms with Gasteiger partial charge in [0.05, 0.1) is 125 Å². The van der Waals surface area contributed by atoms with Crippen molar-refractivity contribution in [2.75, 3.05) is 125 Å². The van der Waals surface area contributed by atoms with E-state index < -0.39 is 11.9 Å². The molecule has 4 aromatic carbocycles. The smallest absolute Gasteiger partial charge is 0.350 e.